The number of nitrogens with one attached hydrogen (secondary N) is 2. The number of guanidine groups is 1. The maximum atomic E-state index is 11.6. The molecule has 0 saturated carbocycles. The number of rotatable bonds is 6. The minimum atomic E-state index is -0.473. The zero-order chi connectivity index (χ0) is 20.6. The number of aromatic nitrogens is 2. The molecule has 0 radical (unpaired) electrons. The molecule has 1 aliphatic rings. The van der Waals surface area contributed by atoms with E-state index in [1.807, 2.05) is 20.8 Å². The molecule has 1 amide bonds. The topological polar surface area (TPSA) is 95.0 Å². The largest absolute Gasteiger partial charge is 0.444 e. The zero-order valence-corrected chi connectivity index (χ0v) is 18.4. The lowest BCUT2D eigenvalue weighted by molar-refractivity contribution is 0.0527. The van der Waals surface area contributed by atoms with Crippen LogP contribution in [0.4, 0.5) is 9.93 Å². The summed E-state index contributed by atoms with van der Waals surface area (Å²) < 4.78 is 9.59. The maximum absolute atomic E-state index is 11.6. The molecule has 0 aromatic carbocycles. The average molecular weight is 412 g/mol. The van der Waals surface area contributed by atoms with Gasteiger partial charge in [0.15, 0.2) is 5.96 Å². The van der Waals surface area contributed by atoms with Gasteiger partial charge in [-0.25, -0.2) is 9.78 Å². The van der Waals surface area contributed by atoms with Gasteiger partial charge >= 0.3 is 6.09 Å². The van der Waals surface area contributed by atoms with Crippen molar-refractivity contribution in [1.29, 1.82) is 0 Å². The van der Waals surface area contributed by atoms with Crippen molar-refractivity contribution in [3.8, 4) is 0 Å². The number of aryl methyl sites for hydroxylation is 1. The number of piperazine rings is 1. The smallest absolute Gasteiger partial charge is 0.407 e. The molecule has 0 unspecified atom stereocenters. The zero-order valence-electron chi connectivity index (χ0n) is 17.6. The Kier molecular flexibility index (Phi) is 8.28. The second-order valence-corrected chi connectivity index (χ2v) is 8.31. The second-order valence-electron chi connectivity index (χ2n) is 7.58. The Balaban J connectivity index is 1.67. The first kappa shape index (κ1) is 22.2. The van der Waals surface area contributed by atoms with Crippen LogP contribution in [0.25, 0.3) is 0 Å². The van der Waals surface area contributed by atoms with Crippen LogP contribution in [0, 0.1) is 0 Å². The van der Waals surface area contributed by atoms with Gasteiger partial charge in [-0.1, -0.05) is 6.92 Å². The first-order valence-corrected chi connectivity index (χ1v) is 10.6. The number of hydrogen-bond donors (Lipinski definition) is 2. The van der Waals surface area contributed by atoms with Gasteiger partial charge in [0, 0.05) is 64.3 Å². The van der Waals surface area contributed by atoms with Gasteiger partial charge in [-0.2, -0.15) is 4.37 Å². The van der Waals surface area contributed by atoms with Crippen LogP contribution in [-0.2, 0) is 11.2 Å². The van der Waals surface area contributed by atoms with Crippen molar-refractivity contribution in [2.24, 2.45) is 4.99 Å². The van der Waals surface area contributed by atoms with Crippen LogP contribution in [0.2, 0.25) is 0 Å². The Bertz CT molecular complexity index is 649. The lowest BCUT2D eigenvalue weighted by Crippen LogP contribution is -2.52. The third kappa shape index (κ3) is 7.14. The van der Waals surface area contributed by atoms with E-state index < -0.39 is 5.60 Å². The molecule has 2 rings (SSSR count). The van der Waals surface area contributed by atoms with Crippen molar-refractivity contribution in [2.45, 2.75) is 46.1 Å². The molecule has 1 aliphatic heterocycles. The van der Waals surface area contributed by atoms with E-state index in [9.17, 15) is 4.79 Å². The van der Waals surface area contributed by atoms with Crippen LogP contribution >= 0.6 is 11.5 Å². The van der Waals surface area contributed by atoms with Crippen molar-refractivity contribution in [1.82, 2.24) is 24.9 Å². The van der Waals surface area contributed by atoms with E-state index in [1.54, 1.807) is 7.05 Å². The van der Waals surface area contributed by atoms with Gasteiger partial charge in [0.05, 0.1) is 0 Å². The highest BCUT2D eigenvalue weighted by molar-refractivity contribution is 7.09. The molecule has 158 valence electrons. The third-order valence-corrected chi connectivity index (χ3v) is 4.95. The Morgan fingerprint density at radius 1 is 1.21 bits per heavy atom. The molecule has 0 spiro atoms. The predicted molar refractivity (Wildman–Crippen MR) is 113 cm³/mol. The fourth-order valence-electron chi connectivity index (χ4n) is 2.75. The fourth-order valence-corrected chi connectivity index (χ4v) is 3.55. The van der Waals surface area contributed by atoms with E-state index in [0.29, 0.717) is 6.54 Å². The van der Waals surface area contributed by atoms with Gasteiger partial charge in [-0.3, -0.25) is 4.99 Å². The molecule has 2 heterocycles. The molecule has 0 atom stereocenters. The predicted octanol–water partition coefficient (Wildman–Crippen LogP) is 1.71. The number of nitrogens with zero attached hydrogens (tertiary/aromatic N) is 5. The molecular formula is C18H33N7O2S. The minimum Gasteiger partial charge on any atom is -0.444 e. The summed E-state index contributed by atoms with van der Waals surface area (Å²) in [6.07, 6.45) is 1.29. The van der Waals surface area contributed by atoms with Crippen molar-refractivity contribution >= 4 is 28.7 Å². The van der Waals surface area contributed by atoms with E-state index >= 15 is 0 Å². The molecule has 0 bridgehead atoms. The first-order valence-electron chi connectivity index (χ1n) is 9.82. The molecule has 9 nitrogen and oxygen atoms in total. The average Bonchev–Trinajstić information content (AvgIpc) is 3.13. The highest BCUT2D eigenvalue weighted by Crippen LogP contribution is 2.19. The Hall–Kier alpha value is -2.10. The number of alkyl carbamates (subject to hydrolysis) is 1. The fraction of sp³-hybridized carbons (Fsp3) is 0.778. The van der Waals surface area contributed by atoms with E-state index in [4.69, 9.17) is 4.74 Å². The summed E-state index contributed by atoms with van der Waals surface area (Å²) in [4.78, 5) is 25.1. The number of ether oxygens (including phenoxy) is 1. The Morgan fingerprint density at radius 2 is 1.89 bits per heavy atom. The number of anilines is 1. The summed E-state index contributed by atoms with van der Waals surface area (Å²) in [5.74, 6) is 1.81. The van der Waals surface area contributed by atoms with Gasteiger partial charge in [-0.15, -0.1) is 0 Å². The maximum Gasteiger partial charge on any atom is 0.407 e. The summed E-state index contributed by atoms with van der Waals surface area (Å²) in [7, 11) is 1.80. The van der Waals surface area contributed by atoms with Gasteiger partial charge in [0.25, 0.3) is 0 Å². The van der Waals surface area contributed by atoms with Crippen LogP contribution in [-0.4, -0.2) is 78.2 Å². The molecular weight excluding hydrogens is 378 g/mol. The normalized spacial score (nSPS) is 15.5. The van der Waals surface area contributed by atoms with Gasteiger partial charge in [0.1, 0.15) is 11.4 Å². The number of carbonyl (C=O) groups excluding carboxylic acids is 1. The van der Waals surface area contributed by atoms with Crippen molar-refractivity contribution in [2.75, 3.05) is 51.2 Å². The summed E-state index contributed by atoms with van der Waals surface area (Å²) in [6.45, 7) is 12.5. The standard InChI is InChI=1S/C18H33N7O2S/c1-6-14-22-16(28-23-14)25-12-10-24(11-13-25)15(19-5)20-8-7-9-21-17(26)27-18(2,3)4/h6-13H2,1-5H3,(H,19,20)(H,21,26). The van der Waals surface area contributed by atoms with Gasteiger partial charge < -0.3 is 25.2 Å². The Labute approximate surface area is 171 Å². The quantitative estimate of drug-likeness (QED) is 0.418. The monoisotopic (exact) mass is 411 g/mol. The summed E-state index contributed by atoms with van der Waals surface area (Å²) in [5.41, 5.74) is -0.473. The van der Waals surface area contributed by atoms with Crippen LogP contribution < -0.4 is 15.5 Å². The van der Waals surface area contributed by atoms with Gasteiger partial charge in [-0.05, 0) is 27.2 Å². The summed E-state index contributed by atoms with van der Waals surface area (Å²) in [6, 6.07) is 0. The van der Waals surface area contributed by atoms with Crippen molar-refractivity contribution in [3.63, 3.8) is 0 Å². The molecule has 1 aromatic heterocycles. The van der Waals surface area contributed by atoms with E-state index in [2.05, 4.69) is 41.7 Å². The van der Waals surface area contributed by atoms with Crippen LogP contribution in [0.5, 0.6) is 0 Å². The summed E-state index contributed by atoms with van der Waals surface area (Å²) in [5, 5.41) is 7.14. The third-order valence-electron chi connectivity index (χ3n) is 4.14. The highest BCUT2D eigenvalue weighted by Gasteiger charge is 2.22. The number of amides is 1. The van der Waals surface area contributed by atoms with Crippen LogP contribution in [0.15, 0.2) is 4.99 Å². The second kappa shape index (κ2) is 10.4. The molecule has 1 aromatic rings. The van der Waals surface area contributed by atoms with E-state index in [1.165, 1.54) is 11.5 Å². The van der Waals surface area contributed by atoms with Gasteiger partial charge in [0.2, 0.25) is 5.13 Å². The molecule has 28 heavy (non-hydrogen) atoms. The highest BCUT2D eigenvalue weighted by atomic mass is 32.1. The minimum absolute atomic E-state index is 0.379. The lowest BCUT2D eigenvalue weighted by atomic mass is 10.2. The van der Waals surface area contributed by atoms with Crippen LogP contribution in [0.1, 0.15) is 39.9 Å². The molecule has 1 saturated heterocycles. The molecule has 0 aliphatic carbocycles. The van der Waals surface area contributed by atoms with Crippen LogP contribution in [0.3, 0.4) is 0 Å². The molecule has 2 N–H and O–H groups in total. The number of aliphatic imine (C=N–C) groups is 1. The van der Waals surface area contributed by atoms with Crippen molar-refractivity contribution < 1.29 is 9.53 Å². The lowest BCUT2D eigenvalue weighted by Gasteiger charge is -2.36. The molecule has 1 fully saturated rings. The Morgan fingerprint density at radius 3 is 2.46 bits per heavy atom. The van der Waals surface area contributed by atoms with Crippen molar-refractivity contribution in [3.05, 3.63) is 5.82 Å². The van der Waals surface area contributed by atoms with E-state index in [0.717, 1.165) is 62.5 Å². The first-order chi connectivity index (χ1) is 13.3. The SMILES string of the molecule is CCc1nsc(N2CCN(C(=NC)NCCCNC(=O)OC(C)(C)C)CC2)n1. The molecule has 10 heteroatoms. The number of hydrogen-bond acceptors (Lipinski definition) is 7. The summed E-state index contributed by atoms with van der Waals surface area (Å²) >= 11 is 1.48. The van der Waals surface area contributed by atoms with E-state index in [-0.39, 0.29) is 6.09 Å². The number of carbonyl (C=O) groups is 1.